The zero-order chi connectivity index (χ0) is 9.56. The summed E-state index contributed by atoms with van der Waals surface area (Å²) in [6.07, 6.45) is -0.0559. The predicted octanol–water partition coefficient (Wildman–Crippen LogP) is 0.0854. The molecule has 0 aromatic heterocycles. The van der Waals surface area contributed by atoms with E-state index in [-0.39, 0.29) is 17.6 Å². The molecule has 64 valence electrons. The number of allylic oxidation sites excluding steroid dienone is 1. The molecule has 0 aromatic rings. The van der Waals surface area contributed by atoms with Crippen LogP contribution in [-0.4, -0.2) is 25.0 Å². The Labute approximate surface area is 69.5 Å². The Morgan fingerprint density at radius 1 is 1.33 bits per heavy atom. The van der Waals surface area contributed by atoms with Crippen molar-refractivity contribution in [2.75, 3.05) is 7.11 Å². The van der Waals surface area contributed by atoms with Gasteiger partial charge >= 0.3 is 5.97 Å². The molecule has 0 aliphatic rings. The second-order valence-electron chi connectivity index (χ2n) is 2.13. The van der Waals surface area contributed by atoms with Crippen LogP contribution in [0.4, 0.5) is 0 Å². The van der Waals surface area contributed by atoms with Crippen LogP contribution in [0.25, 0.3) is 0 Å². The highest BCUT2D eigenvalue weighted by atomic mass is 16.5. The van der Waals surface area contributed by atoms with Gasteiger partial charge in [-0.1, -0.05) is 0 Å². The van der Waals surface area contributed by atoms with Gasteiger partial charge in [0.25, 0.3) is 0 Å². The number of ether oxygens (including phenoxy) is 1. The van der Waals surface area contributed by atoms with Gasteiger partial charge < -0.3 is 4.74 Å². The minimum Gasteiger partial charge on any atom is -0.465 e. The summed E-state index contributed by atoms with van der Waals surface area (Å²) in [7, 11) is 1.15. The molecule has 4 nitrogen and oxygen atoms in total. The second kappa shape index (κ2) is 5.08. The SMILES string of the molecule is COC(=O)C(=C=O)CC(C)=C=O. The van der Waals surface area contributed by atoms with Crippen molar-refractivity contribution >= 4 is 17.9 Å². The predicted molar refractivity (Wildman–Crippen MR) is 40.7 cm³/mol. The van der Waals surface area contributed by atoms with Crippen molar-refractivity contribution in [3.8, 4) is 0 Å². The average molecular weight is 168 g/mol. The van der Waals surface area contributed by atoms with Crippen LogP contribution in [0.3, 0.4) is 0 Å². The summed E-state index contributed by atoms with van der Waals surface area (Å²) in [4.78, 5) is 30.9. The lowest BCUT2D eigenvalue weighted by molar-refractivity contribution is -0.136. The van der Waals surface area contributed by atoms with E-state index in [0.717, 1.165) is 7.11 Å². The third-order valence-corrected chi connectivity index (χ3v) is 1.17. The molecule has 0 aliphatic heterocycles. The summed E-state index contributed by atoms with van der Waals surface area (Å²) in [5.41, 5.74) is 0.0668. The van der Waals surface area contributed by atoms with Gasteiger partial charge in [-0.3, -0.25) is 0 Å². The maximum absolute atomic E-state index is 10.7. The van der Waals surface area contributed by atoms with E-state index in [1.165, 1.54) is 12.9 Å². The molecule has 0 radical (unpaired) electrons. The minimum absolute atomic E-state index is 0.0559. The van der Waals surface area contributed by atoms with E-state index < -0.39 is 5.97 Å². The number of hydrogen-bond donors (Lipinski definition) is 0. The maximum Gasteiger partial charge on any atom is 0.345 e. The summed E-state index contributed by atoms with van der Waals surface area (Å²) in [6.45, 7) is 1.47. The molecule has 0 rings (SSSR count). The van der Waals surface area contributed by atoms with E-state index in [9.17, 15) is 14.4 Å². The second-order valence-corrected chi connectivity index (χ2v) is 2.13. The number of rotatable bonds is 3. The molecular weight excluding hydrogens is 160 g/mol. The molecule has 12 heavy (non-hydrogen) atoms. The van der Waals surface area contributed by atoms with E-state index in [1.807, 2.05) is 0 Å². The summed E-state index contributed by atoms with van der Waals surface area (Å²) < 4.78 is 4.27. The topological polar surface area (TPSA) is 60.4 Å². The maximum atomic E-state index is 10.7. The Hall–Kier alpha value is -1.63. The summed E-state index contributed by atoms with van der Waals surface area (Å²) in [6, 6.07) is 0. The highest BCUT2D eigenvalue weighted by Gasteiger charge is 2.11. The highest BCUT2D eigenvalue weighted by Crippen LogP contribution is 2.05. The minimum atomic E-state index is -0.764. The smallest absolute Gasteiger partial charge is 0.345 e. The van der Waals surface area contributed by atoms with Crippen LogP contribution in [0, 0.1) is 0 Å². The molecular formula is C8H8O4. The summed E-state index contributed by atoms with van der Waals surface area (Å²) in [5.74, 6) is 2.21. The first-order valence-electron chi connectivity index (χ1n) is 3.18. The first-order valence-corrected chi connectivity index (χ1v) is 3.18. The number of carbonyl (C=O) groups is 1. The zero-order valence-electron chi connectivity index (χ0n) is 6.84. The van der Waals surface area contributed by atoms with E-state index in [4.69, 9.17) is 0 Å². The largest absolute Gasteiger partial charge is 0.465 e. The van der Waals surface area contributed by atoms with Crippen LogP contribution < -0.4 is 0 Å². The Bertz CT molecular complexity index is 277. The Morgan fingerprint density at radius 3 is 2.25 bits per heavy atom. The molecule has 0 N–H and O–H groups in total. The van der Waals surface area contributed by atoms with E-state index in [2.05, 4.69) is 4.74 Å². The van der Waals surface area contributed by atoms with Gasteiger partial charge in [0.2, 0.25) is 0 Å². The fourth-order valence-electron chi connectivity index (χ4n) is 0.574. The van der Waals surface area contributed by atoms with Gasteiger partial charge in [0.05, 0.1) is 7.11 Å². The van der Waals surface area contributed by atoms with Gasteiger partial charge in [-0.2, -0.15) is 0 Å². The Morgan fingerprint density at radius 2 is 1.92 bits per heavy atom. The molecule has 0 aromatic carbocycles. The van der Waals surface area contributed by atoms with Crippen LogP contribution in [0.15, 0.2) is 11.1 Å². The van der Waals surface area contributed by atoms with Crippen LogP contribution in [0.2, 0.25) is 0 Å². The van der Waals surface area contributed by atoms with Crippen molar-refractivity contribution in [1.29, 1.82) is 0 Å². The van der Waals surface area contributed by atoms with Crippen molar-refractivity contribution in [2.45, 2.75) is 13.3 Å². The molecule has 4 heteroatoms. The van der Waals surface area contributed by atoms with Crippen LogP contribution in [-0.2, 0) is 19.1 Å². The fraction of sp³-hybridized carbons (Fsp3) is 0.375. The summed E-state index contributed by atoms with van der Waals surface area (Å²) >= 11 is 0. The molecule has 0 saturated carbocycles. The lowest BCUT2D eigenvalue weighted by atomic mass is 10.1. The average Bonchev–Trinajstić information content (AvgIpc) is 2.12. The molecule has 0 fully saturated rings. The molecule has 0 atom stereocenters. The molecule has 0 saturated heterocycles. The van der Waals surface area contributed by atoms with Crippen LogP contribution >= 0.6 is 0 Å². The molecule has 0 aliphatic carbocycles. The third kappa shape index (κ3) is 2.97. The van der Waals surface area contributed by atoms with Gasteiger partial charge in [0.1, 0.15) is 17.5 Å². The normalized spacial score (nSPS) is 7.83. The monoisotopic (exact) mass is 168 g/mol. The van der Waals surface area contributed by atoms with Gasteiger partial charge in [-0.15, -0.1) is 0 Å². The fourth-order valence-corrected chi connectivity index (χ4v) is 0.574. The molecule has 0 amide bonds. The van der Waals surface area contributed by atoms with Gasteiger partial charge in [-0.05, 0) is 6.92 Å². The summed E-state index contributed by atoms with van der Waals surface area (Å²) in [5, 5.41) is 0. The van der Waals surface area contributed by atoms with Crippen LogP contribution in [0.5, 0.6) is 0 Å². The van der Waals surface area contributed by atoms with Crippen molar-refractivity contribution < 1.29 is 19.1 Å². The Balaban J connectivity index is 4.52. The van der Waals surface area contributed by atoms with Gasteiger partial charge in [-0.25, -0.2) is 14.4 Å². The lowest BCUT2D eigenvalue weighted by Gasteiger charge is -1.97. The van der Waals surface area contributed by atoms with Crippen molar-refractivity contribution in [3.05, 3.63) is 11.1 Å². The van der Waals surface area contributed by atoms with Crippen molar-refractivity contribution in [3.63, 3.8) is 0 Å². The lowest BCUT2D eigenvalue weighted by Crippen LogP contribution is -2.05. The van der Waals surface area contributed by atoms with Gasteiger partial charge in [0, 0.05) is 12.0 Å². The molecule has 0 unspecified atom stereocenters. The number of esters is 1. The van der Waals surface area contributed by atoms with E-state index in [1.54, 1.807) is 5.94 Å². The number of carbonyl (C=O) groups excluding carboxylic acids is 3. The highest BCUT2D eigenvalue weighted by molar-refractivity contribution is 5.97. The first-order chi connectivity index (χ1) is 5.65. The molecule has 0 heterocycles. The van der Waals surface area contributed by atoms with Crippen molar-refractivity contribution in [1.82, 2.24) is 0 Å². The van der Waals surface area contributed by atoms with Crippen molar-refractivity contribution in [2.24, 2.45) is 0 Å². The van der Waals surface area contributed by atoms with E-state index in [0.29, 0.717) is 0 Å². The Kier molecular flexibility index (Phi) is 4.39. The first kappa shape index (κ1) is 10.4. The number of hydrogen-bond acceptors (Lipinski definition) is 4. The quantitative estimate of drug-likeness (QED) is 0.340. The molecule has 0 bridgehead atoms. The van der Waals surface area contributed by atoms with Gasteiger partial charge in [0.15, 0.2) is 0 Å². The zero-order valence-corrected chi connectivity index (χ0v) is 6.84. The third-order valence-electron chi connectivity index (χ3n) is 1.17. The number of methoxy groups -OCH3 is 1. The van der Waals surface area contributed by atoms with Crippen LogP contribution in [0.1, 0.15) is 13.3 Å². The standard InChI is InChI=1S/C8H8O4/c1-6(4-9)3-7(5-10)8(11)12-2/h3H2,1-2H3. The van der Waals surface area contributed by atoms with E-state index >= 15 is 0 Å². The molecule has 0 spiro atoms.